The number of amides is 2. The van der Waals surface area contributed by atoms with E-state index >= 15 is 0 Å². The number of carbonyl (C=O) groups is 1. The van der Waals surface area contributed by atoms with Crippen molar-refractivity contribution in [2.45, 2.75) is 32.4 Å². The van der Waals surface area contributed by atoms with Gasteiger partial charge in [0.05, 0.1) is 24.0 Å². The number of urea groups is 1. The van der Waals surface area contributed by atoms with E-state index in [2.05, 4.69) is 20.6 Å². The summed E-state index contributed by atoms with van der Waals surface area (Å²) < 4.78 is 34.6. The molecule has 2 unspecified atom stereocenters. The molecular weight excluding hydrogens is 452 g/mol. The first-order valence-electron chi connectivity index (χ1n) is 11.8. The molecule has 1 aromatic heterocycles. The highest BCUT2D eigenvalue weighted by Crippen LogP contribution is 2.31. The van der Waals surface area contributed by atoms with Gasteiger partial charge in [0.1, 0.15) is 5.69 Å². The molecule has 0 bridgehead atoms. The fraction of sp³-hybridized carbons (Fsp3) is 0.385. The second-order valence-electron chi connectivity index (χ2n) is 8.73. The van der Waals surface area contributed by atoms with Crippen molar-refractivity contribution in [2.24, 2.45) is 0 Å². The second kappa shape index (κ2) is 11.0. The lowest BCUT2D eigenvalue weighted by molar-refractivity contribution is 0.159. The van der Waals surface area contributed by atoms with Gasteiger partial charge in [-0.15, -0.1) is 0 Å². The van der Waals surface area contributed by atoms with Gasteiger partial charge < -0.3 is 15.4 Å². The summed E-state index contributed by atoms with van der Waals surface area (Å²) in [5.74, 6) is -1.97. The number of nitrogens with zero attached hydrogens (tertiary/aromatic N) is 3. The predicted molar refractivity (Wildman–Crippen MR) is 131 cm³/mol. The van der Waals surface area contributed by atoms with E-state index in [1.807, 2.05) is 48.9 Å². The third-order valence-corrected chi connectivity index (χ3v) is 6.49. The number of nitrogens with one attached hydrogen (secondary N) is 2. The van der Waals surface area contributed by atoms with Crippen molar-refractivity contribution in [2.75, 3.05) is 38.7 Å². The Kier molecular flexibility index (Phi) is 7.77. The SMILES string of the molecule is CCn1nc(-c2ccccc2)c(NC(=O)NC2CN(CCOC)CC2c2ccc(F)c(F)c2)c1C. The first-order valence-corrected chi connectivity index (χ1v) is 11.8. The maximum atomic E-state index is 14.0. The molecule has 3 aromatic rings. The van der Waals surface area contributed by atoms with Gasteiger partial charge in [-0.2, -0.15) is 5.10 Å². The molecule has 1 aliphatic rings. The van der Waals surface area contributed by atoms with E-state index in [9.17, 15) is 13.6 Å². The van der Waals surface area contributed by atoms with Crippen LogP contribution >= 0.6 is 0 Å². The minimum absolute atomic E-state index is 0.194. The summed E-state index contributed by atoms with van der Waals surface area (Å²) in [6.45, 7) is 6.98. The van der Waals surface area contributed by atoms with Gasteiger partial charge in [0.2, 0.25) is 0 Å². The number of halogens is 2. The van der Waals surface area contributed by atoms with Gasteiger partial charge in [0.15, 0.2) is 11.6 Å². The van der Waals surface area contributed by atoms with Crippen LogP contribution in [0.15, 0.2) is 48.5 Å². The minimum atomic E-state index is -0.892. The van der Waals surface area contributed by atoms with Gasteiger partial charge in [-0.3, -0.25) is 9.58 Å². The number of likely N-dealkylation sites (tertiary alicyclic amines) is 1. The van der Waals surface area contributed by atoms with Gasteiger partial charge >= 0.3 is 6.03 Å². The van der Waals surface area contributed by atoms with E-state index in [0.29, 0.717) is 49.7 Å². The topological polar surface area (TPSA) is 71.4 Å². The first kappa shape index (κ1) is 24.8. The number of rotatable bonds is 8. The average Bonchev–Trinajstić information content (AvgIpc) is 3.40. The molecule has 0 radical (unpaired) electrons. The Hall–Kier alpha value is -3.30. The summed E-state index contributed by atoms with van der Waals surface area (Å²) in [6, 6.07) is 13.0. The van der Waals surface area contributed by atoms with Crippen LogP contribution in [-0.2, 0) is 11.3 Å². The molecule has 2 atom stereocenters. The third-order valence-electron chi connectivity index (χ3n) is 6.49. The zero-order valence-electron chi connectivity index (χ0n) is 20.2. The van der Waals surface area contributed by atoms with Crippen molar-refractivity contribution >= 4 is 11.7 Å². The number of methoxy groups -OCH3 is 1. The summed E-state index contributed by atoms with van der Waals surface area (Å²) in [5, 5.41) is 10.7. The highest BCUT2D eigenvalue weighted by atomic mass is 19.2. The molecule has 0 saturated carbocycles. The lowest BCUT2D eigenvalue weighted by atomic mass is 9.94. The van der Waals surface area contributed by atoms with Crippen molar-refractivity contribution in [3.63, 3.8) is 0 Å². The van der Waals surface area contributed by atoms with Crippen molar-refractivity contribution in [1.29, 1.82) is 0 Å². The summed E-state index contributed by atoms with van der Waals surface area (Å²) in [6.07, 6.45) is 0. The Morgan fingerprint density at radius 3 is 2.60 bits per heavy atom. The van der Waals surface area contributed by atoms with Crippen molar-refractivity contribution in [3.05, 3.63) is 71.4 Å². The largest absolute Gasteiger partial charge is 0.383 e. The van der Waals surface area contributed by atoms with Crippen LogP contribution in [0.3, 0.4) is 0 Å². The third kappa shape index (κ3) is 5.52. The average molecular weight is 484 g/mol. The van der Waals surface area contributed by atoms with Crippen LogP contribution in [0.2, 0.25) is 0 Å². The van der Waals surface area contributed by atoms with Gasteiger partial charge in [-0.25, -0.2) is 13.6 Å². The standard InChI is InChI=1S/C26H31F2N5O2/c1-4-33-17(2)24(25(31-33)18-8-6-5-7-9-18)30-26(34)29-23-16-32(12-13-35-3)15-20(23)19-10-11-21(27)22(28)14-19/h5-11,14,20,23H,4,12-13,15-16H2,1-3H3,(H2,29,30,34). The van der Waals surface area contributed by atoms with E-state index in [1.54, 1.807) is 13.2 Å². The molecule has 35 heavy (non-hydrogen) atoms. The van der Waals surface area contributed by atoms with E-state index in [4.69, 9.17) is 4.74 Å². The van der Waals surface area contributed by atoms with Crippen LogP contribution in [0.4, 0.5) is 19.3 Å². The van der Waals surface area contributed by atoms with E-state index in [0.717, 1.165) is 17.3 Å². The van der Waals surface area contributed by atoms with Gasteiger partial charge in [0.25, 0.3) is 0 Å². The molecule has 2 N–H and O–H groups in total. The Bertz CT molecular complexity index is 1170. The van der Waals surface area contributed by atoms with Gasteiger partial charge in [-0.05, 0) is 31.5 Å². The molecule has 9 heteroatoms. The Balaban J connectivity index is 1.56. The highest BCUT2D eigenvalue weighted by Gasteiger charge is 2.35. The molecule has 2 heterocycles. The van der Waals surface area contributed by atoms with E-state index < -0.39 is 11.6 Å². The lowest BCUT2D eigenvalue weighted by Gasteiger charge is -2.21. The van der Waals surface area contributed by atoms with Gasteiger partial charge in [0, 0.05) is 44.8 Å². The monoisotopic (exact) mass is 483 g/mol. The highest BCUT2D eigenvalue weighted by molar-refractivity contribution is 5.94. The molecule has 4 rings (SSSR count). The fourth-order valence-electron chi connectivity index (χ4n) is 4.64. The number of ether oxygens (including phenoxy) is 1. The van der Waals surface area contributed by atoms with Crippen LogP contribution < -0.4 is 10.6 Å². The summed E-state index contributed by atoms with van der Waals surface area (Å²) in [4.78, 5) is 15.3. The van der Waals surface area contributed by atoms with E-state index in [-0.39, 0.29) is 18.0 Å². The number of aromatic nitrogens is 2. The molecule has 0 spiro atoms. The summed E-state index contributed by atoms with van der Waals surface area (Å²) >= 11 is 0. The maximum absolute atomic E-state index is 14.0. The normalized spacial score (nSPS) is 18.1. The lowest BCUT2D eigenvalue weighted by Crippen LogP contribution is -2.42. The smallest absolute Gasteiger partial charge is 0.319 e. The van der Waals surface area contributed by atoms with Crippen molar-refractivity contribution in [3.8, 4) is 11.3 Å². The minimum Gasteiger partial charge on any atom is -0.383 e. The van der Waals surface area contributed by atoms with Crippen LogP contribution in [0.5, 0.6) is 0 Å². The van der Waals surface area contributed by atoms with Crippen LogP contribution in [-0.4, -0.2) is 60.1 Å². The predicted octanol–water partition coefficient (Wildman–Crippen LogP) is 4.39. The van der Waals surface area contributed by atoms with E-state index in [1.165, 1.54) is 6.07 Å². The summed E-state index contributed by atoms with van der Waals surface area (Å²) in [7, 11) is 1.63. The fourth-order valence-corrected chi connectivity index (χ4v) is 4.64. The number of anilines is 1. The van der Waals surface area contributed by atoms with Crippen LogP contribution in [0.1, 0.15) is 24.1 Å². The van der Waals surface area contributed by atoms with Gasteiger partial charge in [-0.1, -0.05) is 36.4 Å². The van der Waals surface area contributed by atoms with Crippen LogP contribution in [0.25, 0.3) is 11.3 Å². The molecule has 1 saturated heterocycles. The molecule has 7 nitrogen and oxygen atoms in total. The first-order chi connectivity index (χ1) is 16.9. The Morgan fingerprint density at radius 1 is 1.14 bits per heavy atom. The number of carbonyl (C=O) groups excluding carboxylic acids is 1. The van der Waals surface area contributed by atoms with Crippen LogP contribution in [0, 0.1) is 18.6 Å². The summed E-state index contributed by atoms with van der Waals surface area (Å²) in [5.41, 5.74) is 3.75. The Labute approximate surface area is 204 Å². The molecule has 0 aliphatic carbocycles. The zero-order valence-corrected chi connectivity index (χ0v) is 20.2. The molecule has 1 aliphatic heterocycles. The molecule has 186 valence electrons. The molecule has 2 aromatic carbocycles. The number of benzene rings is 2. The number of hydrogen-bond donors (Lipinski definition) is 2. The maximum Gasteiger partial charge on any atom is 0.319 e. The molecular formula is C26H31F2N5O2. The number of hydrogen-bond acceptors (Lipinski definition) is 4. The van der Waals surface area contributed by atoms with Crippen molar-refractivity contribution < 1.29 is 18.3 Å². The van der Waals surface area contributed by atoms with Crippen molar-refractivity contribution in [1.82, 2.24) is 20.0 Å². The zero-order chi connectivity index (χ0) is 24.9. The quantitative estimate of drug-likeness (QED) is 0.499. The number of aryl methyl sites for hydroxylation is 1. The second-order valence-corrected chi connectivity index (χ2v) is 8.73. The molecule has 1 fully saturated rings. The Morgan fingerprint density at radius 2 is 1.91 bits per heavy atom. The molecule has 2 amide bonds.